The molecule has 29 heavy (non-hydrogen) atoms. The van der Waals surface area contributed by atoms with Crippen LogP contribution in [0.25, 0.3) is 0 Å². The number of carbonyl (C=O) groups is 2. The van der Waals surface area contributed by atoms with E-state index in [1.165, 1.54) is 25.7 Å². The maximum absolute atomic E-state index is 11.9. The Kier molecular flexibility index (Phi) is 17.3. The molecule has 9 heteroatoms. The van der Waals surface area contributed by atoms with Crippen LogP contribution in [0.15, 0.2) is 0 Å². The summed E-state index contributed by atoms with van der Waals surface area (Å²) >= 11 is 0. The maximum atomic E-state index is 11.9. The van der Waals surface area contributed by atoms with Crippen molar-refractivity contribution < 1.29 is 37.9 Å². The van der Waals surface area contributed by atoms with Gasteiger partial charge in [0.1, 0.15) is 6.61 Å². The van der Waals surface area contributed by atoms with Crippen molar-refractivity contribution in [3.8, 4) is 0 Å². The third-order valence-corrected chi connectivity index (χ3v) is 4.86. The van der Waals surface area contributed by atoms with Crippen LogP contribution in [0.3, 0.4) is 0 Å². The number of phosphoric acid groups is 1. The fraction of sp³-hybridized carbons (Fsp3) is 0.900. The molecular formula is C20H39O8P. The molecule has 0 aliphatic carbocycles. The van der Waals surface area contributed by atoms with Gasteiger partial charge in [0.25, 0.3) is 0 Å². The Morgan fingerprint density at radius 3 is 1.79 bits per heavy atom. The van der Waals surface area contributed by atoms with Crippen LogP contribution in [0.2, 0.25) is 0 Å². The van der Waals surface area contributed by atoms with E-state index in [4.69, 9.17) is 19.3 Å². The summed E-state index contributed by atoms with van der Waals surface area (Å²) in [6.07, 6.45) is 10.7. The summed E-state index contributed by atoms with van der Waals surface area (Å²) in [6, 6.07) is 0. The van der Waals surface area contributed by atoms with Gasteiger partial charge in [0.15, 0.2) is 6.10 Å². The van der Waals surface area contributed by atoms with Crippen molar-refractivity contribution in [2.24, 2.45) is 0 Å². The first kappa shape index (κ1) is 28.1. The lowest BCUT2D eigenvalue weighted by molar-refractivity contribution is -0.161. The molecule has 0 aromatic rings. The van der Waals surface area contributed by atoms with E-state index >= 15 is 0 Å². The molecule has 0 heterocycles. The Labute approximate surface area is 174 Å². The molecule has 0 aliphatic heterocycles. The number of esters is 2. The number of phosphoric ester groups is 1. The summed E-state index contributed by atoms with van der Waals surface area (Å²) in [7, 11) is -4.71. The summed E-state index contributed by atoms with van der Waals surface area (Å²) in [5.41, 5.74) is 0. The Bertz CT molecular complexity index is 477. The highest BCUT2D eigenvalue weighted by atomic mass is 31.2. The van der Waals surface area contributed by atoms with Gasteiger partial charge in [0, 0.05) is 12.8 Å². The molecule has 0 aromatic carbocycles. The van der Waals surface area contributed by atoms with Crippen LogP contribution in [-0.2, 0) is 28.2 Å². The van der Waals surface area contributed by atoms with Gasteiger partial charge in [-0.2, -0.15) is 0 Å². The van der Waals surface area contributed by atoms with Crippen LogP contribution in [0, 0.1) is 0 Å². The molecule has 0 radical (unpaired) electrons. The van der Waals surface area contributed by atoms with E-state index in [1.807, 2.05) is 0 Å². The second kappa shape index (κ2) is 17.9. The van der Waals surface area contributed by atoms with Gasteiger partial charge >= 0.3 is 19.8 Å². The molecular weight excluding hydrogens is 399 g/mol. The van der Waals surface area contributed by atoms with E-state index in [1.54, 1.807) is 0 Å². The minimum Gasteiger partial charge on any atom is -0.462 e. The molecule has 172 valence electrons. The van der Waals surface area contributed by atoms with Crippen LogP contribution in [0.1, 0.15) is 97.3 Å². The summed E-state index contributed by atoms with van der Waals surface area (Å²) in [4.78, 5) is 41.4. The molecule has 0 aromatic heterocycles. The molecule has 1 atom stereocenters. The molecule has 0 unspecified atom stereocenters. The smallest absolute Gasteiger partial charge is 0.462 e. The van der Waals surface area contributed by atoms with Crippen LogP contribution in [-0.4, -0.2) is 41.0 Å². The maximum Gasteiger partial charge on any atom is 0.469 e. The fourth-order valence-corrected chi connectivity index (χ4v) is 3.08. The standard InChI is InChI=1S/C20H39O8P/c1-3-5-7-9-10-11-13-14-19(21)26-16-18(17-27-29(23,24)25)28-20(22)15-12-8-6-4-2/h18H,3-17H2,1-2H3,(H2,23,24,25)/t18-/m0/s1. The van der Waals surface area contributed by atoms with Crippen molar-refractivity contribution in [3.63, 3.8) is 0 Å². The van der Waals surface area contributed by atoms with Crippen molar-refractivity contribution in [2.75, 3.05) is 13.2 Å². The molecule has 0 spiro atoms. The number of ether oxygens (including phenoxy) is 2. The SMILES string of the molecule is CCCCCCCCCC(=O)OC[C@@H](COP(=O)(O)O)OC(=O)CCCCCC. The molecule has 2 N–H and O–H groups in total. The molecule has 0 aliphatic rings. The van der Waals surface area contributed by atoms with E-state index in [0.29, 0.717) is 6.42 Å². The molecule has 0 saturated heterocycles. The van der Waals surface area contributed by atoms with E-state index in [2.05, 4.69) is 18.4 Å². The topological polar surface area (TPSA) is 119 Å². The first-order valence-corrected chi connectivity index (χ1v) is 12.4. The molecule has 0 rings (SSSR count). The predicted molar refractivity (Wildman–Crippen MR) is 110 cm³/mol. The summed E-state index contributed by atoms with van der Waals surface area (Å²) < 4.78 is 25.6. The van der Waals surface area contributed by atoms with Gasteiger partial charge in [-0.05, 0) is 12.8 Å². The molecule has 0 fully saturated rings. The van der Waals surface area contributed by atoms with Crippen molar-refractivity contribution in [3.05, 3.63) is 0 Å². The van der Waals surface area contributed by atoms with Crippen LogP contribution in [0.5, 0.6) is 0 Å². The van der Waals surface area contributed by atoms with Gasteiger partial charge in [0.2, 0.25) is 0 Å². The van der Waals surface area contributed by atoms with E-state index in [-0.39, 0.29) is 19.4 Å². The average molecular weight is 438 g/mol. The fourth-order valence-electron chi connectivity index (χ4n) is 2.72. The zero-order valence-electron chi connectivity index (χ0n) is 18.0. The summed E-state index contributed by atoms with van der Waals surface area (Å²) in [5, 5.41) is 0. The van der Waals surface area contributed by atoms with Gasteiger partial charge in [-0.3, -0.25) is 14.1 Å². The lowest BCUT2D eigenvalue weighted by Gasteiger charge is -2.18. The van der Waals surface area contributed by atoms with Crippen LogP contribution >= 0.6 is 7.82 Å². The number of carbonyl (C=O) groups excluding carboxylic acids is 2. The van der Waals surface area contributed by atoms with Crippen LogP contribution < -0.4 is 0 Å². The predicted octanol–water partition coefficient (Wildman–Crippen LogP) is 4.66. The van der Waals surface area contributed by atoms with Gasteiger partial charge in [-0.1, -0.05) is 71.6 Å². The molecule has 0 saturated carbocycles. The first-order chi connectivity index (χ1) is 13.8. The first-order valence-electron chi connectivity index (χ1n) is 10.8. The average Bonchev–Trinajstić information content (AvgIpc) is 2.66. The van der Waals surface area contributed by atoms with E-state index in [9.17, 15) is 14.2 Å². The molecule has 0 bridgehead atoms. The molecule has 0 amide bonds. The summed E-state index contributed by atoms with van der Waals surface area (Å²) in [5.74, 6) is -0.915. The van der Waals surface area contributed by atoms with Gasteiger partial charge in [0.05, 0.1) is 6.61 Å². The number of hydrogen-bond acceptors (Lipinski definition) is 6. The Morgan fingerprint density at radius 2 is 1.24 bits per heavy atom. The quantitative estimate of drug-likeness (QED) is 0.170. The van der Waals surface area contributed by atoms with Gasteiger partial charge in [-0.15, -0.1) is 0 Å². The van der Waals surface area contributed by atoms with Crippen molar-refractivity contribution in [1.82, 2.24) is 0 Å². The monoisotopic (exact) mass is 438 g/mol. The minimum atomic E-state index is -4.71. The second-order valence-electron chi connectivity index (χ2n) is 7.26. The second-order valence-corrected chi connectivity index (χ2v) is 8.50. The van der Waals surface area contributed by atoms with E-state index < -0.39 is 32.5 Å². The minimum absolute atomic E-state index is 0.207. The zero-order chi connectivity index (χ0) is 22.0. The highest BCUT2D eigenvalue weighted by Gasteiger charge is 2.22. The third kappa shape index (κ3) is 20.1. The van der Waals surface area contributed by atoms with Crippen molar-refractivity contribution in [2.45, 2.75) is 103 Å². The lowest BCUT2D eigenvalue weighted by atomic mass is 10.1. The van der Waals surface area contributed by atoms with Gasteiger partial charge in [-0.25, -0.2) is 4.57 Å². The Hall–Kier alpha value is -0.950. The number of hydrogen-bond donors (Lipinski definition) is 2. The normalized spacial score (nSPS) is 12.6. The van der Waals surface area contributed by atoms with Crippen molar-refractivity contribution >= 4 is 19.8 Å². The Balaban J connectivity index is 4.19. The van der Waals surface area contributed by atoms with Crippen molar-refractivity contribution in [1.29, 1.82) is 0 Å². The summed E-state index contributed by atoms with van der Waals surface area (Å²) in [6.45, 7) is 3.41. The van der Waals surface area contributed by atoms with E-state index in [0.717, 1.165) is 38.5 Å². The third-order valence-electron chi connectivity index (χ3n) is 4.38. The highest BCUT2D eigenvalue weighted by molar-refractivity contribution is 7.46. The Morgan fingerprint density at radius 1 is 0.759 bits per heavy atom. The lowest BCUT2D eigenvalue weighted by Crippen LogP contribution is -2.29. The largest absolute Gasteiger partial charge is 0.469 e. The highest BCUT2D eigenvalue weighted by Crippen LogP contribution is 2.35. The number of unbranched alkanes of at least 4 members (excludes halogenated alkanes) is 9. The number of rotatable bonds is 19. The molecule has 8 nitrogen and oxygen atoms in total. The zero-order valence-corrected chi connectivity index (χ0v) is 18.9. The van der Waals surface area contributed by atoms with Crippen LogP contribution in [0.4, 0.5) is 0 Å². The van der Waals surface area contributed by atoms with Gasteiger partial charge < -0.3 is 19.3 Å².